The Morgan fingerprint density at radius 3 is 2.58 bits per heavy atom. The summed E-state index contributed by atoms with van der Waals surface area (Å²) in [4.78, 5) is 6.72. The van der Waals surface area contributed by atoms with Crippen molar-refractivity contribution in [2.24, 2.45) is 0 Å². The zero-order chi connectivity index (χ0) is 13.1. The summed E-state index contributed by atoms with van der Waals surface area (Å²) < 4.78 is 0. The zero-order valence-electron chi connectivity index (χ0n) is 10.3. The van der Waals surface area contributed by atoms with E-state index in [1.807, 2.05) is 42.6 Å². The molecule has 1 aromatic heterocycles. The predicted molar refractivity (Wildman–Crippen MR) is 78.2 cm³/mol. The maximum absolute atomic E-state index is 9.38. The molecule has 3 heteroatoms. The normalized spacial score (nSPS) is 10.8. The maximum Gasteiger partial charge on any atom is 0.0706 e. The van der Waals surface area contributed by atoms with Crippen LogP contribution < -0.4 is 0 Å². The highest BCUT2D eigenvalue weighted by molar-refractivity contribution is 7.99. The number of aliphatic hydroxyl groups is 1. The first-order chi connectivity index (χ1) is 9.36. The highest BCUT2D eigenvalue weighted by Crippen LogP contribution is 2.29. The van der Waals surface area contributed by atoms with E-state index in [2.05, 4.69) is 23.2 Å². The second-order valence-corrected chi connectivity index (χ2v) is 5.38. The van der Waals surface area contributed by atoms with Crippen molar-refractivity contribution in [1.82, 2.24) is 4.98 Å². The van der Waals surface area contributed by atoms with Gasteiger partial charge in [-0.1, -0.05) is 42.1 Å². The van der Waals surface area contributed by atoms with E-state index in [9.17, 15) is 5.11 Å². The summed E-state index contributed by atoms with van der Waals surface area (Å²) in [6.07, 6.45) is 1.88. The molecule has 0 fully saturated rings. The predicted octanol–water partition coefficient (Wildman–Crippen LogP) is 3.88. The fourth-order valence-electron chi connectivity index (χ4n) is 2.01. The lowest BCUT2D eigenvalue weighted by Crippen LogP contribution is -1.88. The van der Waals surface area contributed by atoms with E-state index in [4.69, 9.17) is 0 Å². The summed E-state index contributed by atoms with van der Waals surface area (Å²) in [5, 5.41) is 10.4. The monoisotopic (exact) mass is 267 g/mol. The highest BCUT2D eigenvalue weighted by atomic mass is 32.2. The molecule has 3 aromatic rings. The van der Waals surface area contributed by atoms with Crippen molar-refractivity contribution >= 4 is 22.7 Å². The van der Waals surface area contributed by atoms with Crippen LogP contribution in [0.5, 0.6) is 0 Å². The van der Waals surface area contributed by atoms with Gasteiger partial charge in [-0.05, 0) is 29.8 Å². The molecule has 19 heavy (non-hydrogen) atoms. The van der Waals surface area contributed by atoms with Crippen LogP contribution in [0, 0.1) is 0 Å². The molecule has 1 N–H and O–H groups in total. The van der Waals surface area contributed by atoms with Crippen molar-refractivity contribution in [2.45, 2.75) is 16.4 Å². The Bertz CT molecular complexity index is 697. The Morgan fingerprint density at radius 2 is 1.79 bits per heavy atom. The summed E-state index contributed by atoms with van der Waals surface area (Å²) in [6, 6.07) is 18.1. The van der Waals surface area contributed by atoms with Crippen LogP contribution >= 0.6 is 11.8 Å². The van der Waals surface area contributed by atoms with Crippen molar-refractivity contribution in [2.75, 3.05) is 0 Å². The first-order valence-electron chi connectivity index (χ1n) is 6.08. The number of fused-ring (bicyclic) bond motifs is 1. The minimum absolute atomic E-state index is 0.0402. The Labute approximate surface area is 116 Å². The first kappa shape index (κ1) is 12.2. The molecule has 0 spiro atoms. The number of rotatable bonds is 3. The molecule has 1 heterocycles. The van der Waals surface area contributed by atoms with Gasteiger partial charge in [0.1, 0.15) is 0 Å². The Balaban J connectivity index is 2.01. The molecular weight excluding hydrogens is 254 g/mol. The lowest BCUT2D eigenvalue weighted by Gasteiger charge is -2.06. The van der Waals surface area contributed by atoms with Gasteiger partial charge in [-0.25, -0.2) is 0 Å². The van der Waals surface area contributed by atoms with Gasteiger partial charge in [0.25, 0.3) is 0 Å². The lowest BCUT2D eigenvalue weighted by molar-refractivity contribution is 0.283. The highest BCUT2D eigenvalue weighted by Gasteiger charge is 2.04. The average molecular weight is 267 g/mol. The molecule has 0 aliphatic rings. The molecule has 0 aliphatic carbocycles. The number of hydrogen-bond acceptors (Lipinski definition) is 3. The van der Waals surface area contributed by atoms with Crippen molar-refractivity contribution in [3.63, 3.8) is 0 Å². The van der Waals surface area contributed by atoms with Crippen molar-refractivity contribution in [3.8, 4) is 0 Å². The van der Waals surface area contributed by atoms with Gasteiger partial charge in [-0.15, -0.1) is 0 Å². The average Bonchev–Trinajstić information content (AvgIpc) is 2.47. The molecule has 94 valence electrons. The maximum atomic E-state index is 9.38. The van der Waals surface area contributed by atoms with Crippen LogP contribution in [0.15, 0.2) is 70.6 Å². The van der Waals surface area contributed by atoms with Gasteiger partial charge in [-0.2, -0.15) is 0 Å². The van der Waals surface area contributed by atoms with Crippen molar-refractivity contribution in [3.05, 3.63) is 66.4 Å². The van der Waals surface area contributed by atoms with E-state index in [0.29, 0.717) is 0 Å². The SMILES string of the molecule is OCc1cccc2ncc(Sc3ccccc3)cc12. The second-order valence-electron chi connectivity index (χ2n) is 4.23. The molecule has 0 aliphatic heterocycles. The van der Waals surface area contributed by atoms with Gasteiger partial charge in [0, 0.05) is 21.4 Å². The van der Waals surface area contributed by atoms with Crippen LogP contribution in [0.25, 0.3) is 10.9 Å². The van der Waals surface area contributed by atoms with Gasteiger partial charge in [-0.3, -0.25) is 4.98 Å². The number of benzene rings is 2. The number of aliphatic hydroxyl groups excluding tert-OH is 1. The quantitative estimate of drug-likeness (QED) is 0.781. The molecule has 0 amide bonds. The van der Waals surface area contributed by atoms with Crippen LogP contribution in [0.3, 0.4) is 0 Å². The summed E-state index contributed by atoms with van der Waals surface area (Å²) in [7, 11) is 0. The van der Waals surface area contributed by atoms with Gasteiger partial charge >= 0.3 is 0 Å². The molecule has 0 saturated carbocycles. The van der Waals surface area contributed by atoms with E-state index in [0.717, 1.165) is 21.4 Å². The molecule has 0 bridgehead atoms. The van der Waals surface area contributed by atoms with E-state index in [-0.39, 0.29) is 6.61 Å². The van der Waals surface area contributed by atoms with Crippen LogP contribution in [-0.4, -0.2) is 10.1 Å². The fraction of sp³-hybridized carbons (Fsp3) is 0.0625. The summed E-state index contributed by atoms with van der Waals surface area (Å²) in [5.41, 5.74) is 1.84. The molecule has 0 saturated heterocycles. The molecule has 0 atom stereocenters. The Kier molecular flexibility index (Phi) is 3.49. The minimum Gasteiger partial charge on any atom is -0.392 e. The van der Waals surface area contributed by atoms with Crippen LogP contribution in [0.2, 0.25) is 0 Å². The van der Waals surface area contributed by atoms with E-state index < -0.39 is 0 Å². The number of nitrogens with zero attached hydrogens (tertiary/aromatic N) is 1. The smallest absolute Gasteiger partial charge is 0.0706 e. The largest absolute Gasteiger partial charge is 0.392 e. The Morgan fingerprint density at radius 1 is 0.947 bits per heavy atom. The zero-order valence-corrected chi connectivity index (χ0v) is 11.1. The van der Waals surface area contributed by atoms with Crippen molar-refractivity contribution < 1.29 is 5.11 Å². The Hall–Kier alpha value is -1.84. The lowest BCUT2D eigenvalue weighted by atomic mass is 10.1. The molecule has 3 rings (SSSR count). The van der Waals surface area contributed by atoms with Crippen LogP contribution in [0.1, 0.15) is 5.56 Å². The fourth-order valence-corrected chi connectivity index (χ4v) is 2.86. The standard InChI is InChI=1S/C16H13NOS/c18-11-12-5-4-8-16-15(12)9-14(10-17-16)19-13-6-2-1-3-7-13/h1-10,18H,11H2. The molecule has 0 radical (unpaired) electrons. The third kappa shape index (κ3) is 2.62. The van der Waals surface area contributed by atoms with Gasteiger partial charge in [0.05, 0.1) is 12.1 Å². The third-order valence-electron chi connectivity index (χ3n) is 2.94. The second kappa shape index (κ2) is 5.43. The summed E-state index contributed by atoms with van der Waals surface area (Å²) in [5.74, 6) is 0. The minimum atomic E-state index is 0.0402. The van der Waals surface area contributed by atoms with Crippen LogP contribution in [0.4, 0.5) is 0 Å². The molecule has 2 aromatic carbocycles. The molecular formula is C16H13NOS. The van der Waals surface area contributed by atoms with Crippen molar-refractivity contribution in [1.29, 1.82) is 0 Å². The van der Waals surface area contributed by atoms with E-state index >= 15 is 0 Å². The third-order valence-corrected chi connectivity index (χ3v) is 3.91. The summed E-state index contributed by atoms with van der Waals surface area (Å²) >= 11 is 1.68. The van der Waals surface area contributed by atoms with Gasteiger partial charge < -0.3 is 5.11 Å². The number of pyridine rings is 1. The van der Waals surface area contributed by atoms with Gasteiger partial charge in [0.2, 0.25) is 0 Å². The van der Waals surface area contributed by atoms with Crippen LogP contribution in [-0.2, 0) is 6.61 Å². The van der Waals surface area contributed by atoms with E-state index in [1.165, 1.54) is 4.90 Å². The first-order valence-corrected chi connectivity index (χ1v) is 6.90. The summed E-state index contributed by atoms with van der Waals surface area (Å²) in [6.45, 7) is 0.0402. The number of aromatic nitrogens is 1. The number of hydrogen-bond donors (Lipinski definition) is 1. The van der Waals surface area contributed by atoms with Gasteiger partial charge in [0.15, 0.2) is 0 Å². The molecule has 0 unspecified atom stereocenters. The van der Waals surface area contributed by atoms with E-state index in [1.54, 1.807) is 11.8 Å². The topological polar surface area (TPSA) is 33.1 Å². The molecule has 2 nitrogen and oxygen atoms in total.